The predicted molar refractivity (Wildman–Crippen MR) is 112 cm³/mol. The van der Waals surface area contributed by atoms with Crippen molar-refractivity contribution in [1.29, 1.82) is 0 Å². The molecule has 9 heteroatoms. The monoisotopic (exact) mass is 421 g/mol. The van der Waals surface area contributed by atoms with E-state index in [4.69, 9.17) is 39.1 Å². The molecule has 0 atom stereocenters. The second-order valence-electron chi connectivity index (χ2n) is 7.50. The predicted octanol–water partition coefficient (Wildman–Crippen LogP) is 4.10. The number of nitrogens with one attached hydrogen (secondary N) is 1. The lowest BCUT2D eigenvalue weighted by atomic mass is 9.75. The first-order chi connectivity index (χ1) is 13.1. The molecule has 0 spiro atoms. The van der Waals surface area contributed by atoms with E-state index in [-0.39, 0.29) is 22.2 Å². The SMILES string of the molecule is Cc1c(C(=O)Nc2cccc(Cl)c2Cl)oc2c1/C(=N\N=C(N)N)CC(C)(C)C2. The average Bonchev–Trinajstić information content (AvgIpc) is 2.92. The maximum Gasteiger partial charge on any atom is 0.291 e. The summed E-state index contributed by atoms with van der Waals surface area (Å²) in [6.07, 6.45) is 1.31. The van der Waals surface area contributed by atoms with E-state index >= 15 is 0 Å². The molecule has 0 saturated heterocycles. The molecule has 0 saturated carbocycles. The molecule has 28 heavy (non-hydrogen) atoms. The lowest BCUT2D eigenvalue weighted by Crippen LogP contribution is -2.27. The quantitative estimate of drug-likeness (QED) is 0.392. The van der Waals surface area contributed by atoms with Crippen molar-refractivity contribution < 1.29 is 9.21 Å². The van der Waals surface area contributed by atoms with Gasteiger partial charge in [0.1, 0.15) is 5.76 Å². The molecule has 0 unspecified atom stereocenters. The molecule has 3 rings (SSSR count). The lowest BCUT2D eigenvalue weighted by Gasteiger charge is -2.29. The van der Waals surface area contributed by atoms with Crippen molar-refractivity contribution in [2.45, 2.75) is 33.6 Å². The zero-order valence-corrected chi connectivity index (χ0v) is 17.3. The molecule has 1 amide bonds. The Morgan fingerprint density at radius 2 is 1.96 bits per heavy atom. The van der Waals surface area contributed by atoms with Crippen LogP contribution in [-0.2, 0) is 6.42 Å². The summed E-state index contributed by atoms with van der Waals surface area (Å²) in [7, 11) is 0. The fourth-order valence-electron chi connectivity index (χ4n) is 3.31. The molecule has 1 aliphatic carbocycles. The van der Waals surface area contributed by atoms with Crippen molar-refractivity contribution >= 4 is 46.5 Å². The van der Waals surface area contributed by atoms with Gasteiger partial charge < -0.3 is 21.2 Å². The van der Waals surface area contributed by atoms with Crippen LogP contribution in [0, 0.1) is 12.3 Å². The number of hydrogen-bond acceptors (Lipinski definition) is 4. The number of furan rings is 1. The van der Waals surface area contributed by atoms with E-state index in [9.17, 15) is 4.79 Å². The number of carbonyl (C=O) groups is 1. The van der Waals surface area contributed by atoms with Crippen molar-refractivity contribution in [2.24, 2.45) is 27.1 Å². The number of benzene rings is 1. The summed E-state index contributed by atoms with van der Waals surface area (Å²) in [5.74, 6) is 0.319. The number of guanidine groups is 1. The minimum Gasteiger partial charge on any atom is -0.455 e. The van der Waals surface area contributed by atoms with Gasteiger partial charge in [-0.1, -0.05) is 43.1 Å². The van der Waals surface area contributed by atoms with E-state index in [1.54, 1.807) is 25.1 Å². The van der Waals surface area contributed by atoms with Crippen LogP contribution in [0.3, 0.4) is 0 Å². The molecule has 0 fully saturated rings. The van der Waals surface area contributed by atoms with Crippen LogP contribution >= 0.6 is 23.2 Å². The first-order valence-corrected chi connectivity index (χ1v) is 9.38. The third-order valence-corrected chi connectivity index (χ3v) is 5.30. The number of amides is 1. The Labute approximate surface area is 172 Å². The smallest absolute Gasteiger partial charge is 0.291 e. The highest BCUT2D eigenvalue weighted by molar-refractivity contribution is 6.44. The van der Waals surface area contributed by atoms with Crippen LogP contribution in [0.25, 0.3) is 0 Å². The molecule has 1 aliphatic rings. The molecule has 0 bridgehead atoms. The summed E-state index contributed by atoms with van der Waals surface area (Å²) in [6, 6.07) is 5.01. The van der Waals surface area contributed by atoms with Gasteiger partial charge in [0.2, 0.25) is 5.96 Å². The van der Waals surface area contributed by atoms with Gasteiger partial charge in [-0.2, -0.15) is 5.10 Å². The zero-order chi connectivity index (χ0) is 20.6. The van der Waals surface area contributed by atoms with Crippen molar-refractivity contribution in [3.05, 3.63) is 50.9 Å². The molecule has 1 aromatic carbocycles. The zero-order valence-electron chi connectivity index (χ0n) is 15.8. The molecule has 7 nitrogen and oxygen atoms in total. The minimum atomic E-state index is -0.421. The Morgan fingerprint density at radius 1 is 1.25 bits per heavy atom. The molecule has 1 heterocycles. The van der Waals surface area contributed by atoms with Crippen molar-refractivity contribution in [2.75, 3.05) is 5.32 Å². The van der Waals surface area contributed by atoms with Crippen LogP contribution in [-0.4, -0.2) is 17.6 Å². The van der Waals surface area contributed by atoms with Crippen LogP contribution < -0.4 is 16.8 Å². The average molecular weight is 422 g/mol. The summed E-state index contributed by atoms with van der Waals surface area (Å²) >= 11 is 12.2. The van der Waals surface area contributed by atoms with E-state index in [1.807, 2.05) is 0 Å². The number of hydrogen-bond donors (Lipinski definition) is 3. The standard InChI is InChI=1S/C19H21Cl2N5O2/c1-9-14-12(25-26-18(22)23)7-19(2,3)8-13(14)28-16(9)17(27)24-11-6-4-5-10(20)15(11)21/h4-6H,7-8H2,1-3H3,(H,24,27)(H4,22,23,26)/b25-12-. The highest BCUT2D eigenvalue weighted by Crippen LogP contribution is 2.39. The Morgan fingerprint density at radius 3 is 2.64 bits per heavy atom. The Bertz CT molecular complexity index is 1000. The first kappa shape index (κ1) is 20.2. The molecular formula is C19H21Cl2N5O2. The second-order valence-corrected chi connectivity index (χ2v) is 8.28. The van der Waals surface area contributed by atoms with Gasteiger partial charge in [-0.25, -0.2) is 0 Å². The Kier molecular flexibility index (Phi) is 5.41. The van der Waals surface area contributed by atoms with E-state index < -0.39 is 5.91 Å². The number of halogens is 2. The molecule has 0 aliphatic heterocycles. The summed E-state index contributed by atoms with van der Waals surface area (Å²) in [5.41, 5.74) is 13.2. The molecular weight excluding hydrogens is 401 g/mol. The van der Waals surface area contributed by atoms with E-state index in [0.717, 1.165) is 5.56 Å². The van der Waals surface area contributed by atoms with Crippen molar-refractivity contribution in [3.8, 4) is 0 Å². The van der Waals surface area contributed by atoms with Gasteiger partial charge in [-0.3, -0.25) is 4.79 Å². The molecule has 148 valence electrons. The van der Waals surface area contributed by atoms with Crippen LogP contribution in [0.2, 0.25) is 10.0 Å². The highest BCUT2D eigenvalue weighted by Gasteiger charge is 2.36. The topological polar surface area (TPSA) is 119 Å². The normalized spacial score (nSPS) is 16.5. The third kappa shape index (κ3) is 4.00. The number of rotatable bonds is 3. The maximum atomic E-state index is 12.8. The number of nitrogens with two attached hydrogens (primary N) is 2. The number of carbonyl (C=O) groups excluding carboxylic acids is 1. The molecule has 2 aromatic rings. The molecule has 1 aromatic heterocycles. The van der Waals surface area contributed by atoms with E-state index in [2.05, 4.69) is 29.4 Å². The largest absolute Gasteiger partial charge is 0.455 e. The van der Waals surface area contributed by atoms with Crippen LogP contribution in [0.5, 0.6) is 0 Å². The molecule has 5 N–H and O–H groups in total. The Balaban J connectivity index is 2.01. The molecule has 0 radical (unpaired) electrons. The second kappa shape index (κ2) is 7.48. The van der Waals surface area contributed by atoms with Crippen molar-refractivity contribution in [1.82, 2.24) is 0 Å². The van der Waals surface area contributed by atoms with Crippen LogP contribution in [0.4, 0.5) is 5.69 Å². The van der Waals surface area contributed by atoms with Gasteiger partial charge >= 0.3 is 0 Å². The number of anilines is 1. The van der Waals surface area contributed by atoms with Gasteiger partial charge in [0.15, 0.2) is 5.76 Å². The third-order valence-electron chi connectivity index (χ3n) is 4.49. The first-order valence-electron chi connectivity index (χ1n) is 8.62. The van der Waals surface area contributed by atoms with Crippen LogP contribution in [0.15, 0.2) is 32.8 Å². The minimum absolute atomic E-state index is 0.112. The summed E-state index contributed by atoms with van der Waals surface area (Å²) < 4.78 is 5.93. The van der Waals surface area contributed by atoms with E-state index in [0.29, 0.717) is 40.6 Å². The number of fused-ring (bicyclic) bond motifs is 1. The van der Waals surface area contributed by atoms with Crippen molar-refractivity contribution in [3.63, 3.8) is 0 Å². The fourth-order valence-corrected chi connectivity index (χ4v) is 3.66. The highest BCUT2D eigenvalue weighted by atomic mass is 35.5. The summed E-state index contributed by atoms with van der Waals surface area (Å²) in [6.45, 7) is 5.98. The van der Waals surface area contributed by atoms with E-state index in [1.165, 1.54) is 0 Å². The van der Waals surface area contributed by atoms with Crippen LogP contribution in [0.1, 0.15) is 47.7 Å². The van der Waals surface area contributed by atoms with Gasteiger partial charge in [-0.15, -0.1) is 5.10 Å². The summed E-state index contributed by atoms with van der Waals surface area (Å²) in [5, 5.41) is 11.3. The number of nitrogens with zero attached hydrogens (tertiary/aromatic N) is 2. The maximum absolute atomic E-state index is 12.8. The Hall–Kier alpha value is -2.51. The lowest BCUT2D eigenvalue weighted by molar-refractivity contribution is 0.0993. The van der Waals surface area contributed by atoms with Gasteiger partial charge in [-0.05, 0) is 30.9 Å². The van der Waals surface area contributed by atoms with Gasteiger partial charge in [0, 0.05) is 17.5 Å². The van der Waals surface area contributed by atoms with Gasteiger partial charge in [0.25, 0.3) is 5.91 Å². The summed E-state index contributed by atoms with van der Waals surface area (Å²) in [4.78, 5) is 12.8. The fraction of sp³-hybridized carbons (Fsp3) is 0.316. The van der Waals surface area contributed by atoms with Gasteiger partial charge in [0.05, 0.1) is 21.4 Å².